The lowest BCUT2D eigenvalue weighted by Crippen LogP contribution is -2.12. The molecule has 1 N–H and O–H groups in total. The number of fused-ring (bicyclic) bond motifs is 5. The molecule has 0 saturated carbocycles. The van der Waals surface area contributed by atoms with E-state index in [0.29, 0.717) is 0 Å². The third kappa shape index (κ3) is 5.95. The molecule has 7 aromatic rings. The van der Waals surface area contributed by atoms with Crippen molar-refractivity contribution < 1.29 is 0 Å². The van der Waals surface area contributed by atoms with E-state index in [1.54, 1.807) is 0 Å². The molecular weight excluding hydrogens is 482 g/mol. The average Bonchev–Trinajstić information content (AvgIpc) is 3.30. The molecule has 1 heterocycles. The second kappa shape index (κ2) is 11.4. The SMILES string of the molecule is CC(C)(C)c1c2ccccc2cc2ccccc12.Cc1cc(C)cc(C)c1.c1ccc2c(c1)[nH]c1ccccc12. The molecule has 0 amide bonds. The zero-order valence-corrected chi connectivity index (χ0v) is 24.5. The fraction of sp³-hybridized carbons (Fsp3) is 0.179. The zero-order chi connectivity index (χ0) is 28.3. The molecule has 0 radical (unpaired) electrons. The number of hydrogen-bond acceptors (Lipinski definition) is 0. The van der Waals surface area contributed by atoms with Crippen molar-refractivity contribution in [2.24, 2.45) is 0 Å². The van der Waals surface area contributed by atoms with Crippen LogP contribution in [0, 0.1) is 20.8 Å². The highest BCUT2D eigenvalue weighted by Gasteiger charge is 2.19. The van der Waals surface area contributed by atoms with Crippen LogP contribution in [0.5, 0.6) is 0 Å². The van der Waals surface area contributed by atoms with Gasteiger partial charge >= 0.3 is 0 Å². The van der Waals surface area contributed by atoms with Gasteiger partial charge in [-0.3, -0.25) is 0 Å². The van der Waals surface area contributed by atoms with E-state index in [2.05, 4.69) is 168 Å². The van der Waals surface area contributed by atoms with Crippen molar-refractivity contribution in [2.45, 2.75) is 47.0 Å². The summed E-state index contributed by atoms with van der Waals surface area (Å²) in [6.45, 7) is 13.3. The monoisotopic (exact) mass is 521 g/mol. The van der Waals surface area contributed by atoms with Crippen LogP contribution < -0.4 is 0 Å². The summed E-state index contributed by atoms with van der Waals surface area (Å²) in [7, 11) is 0. The van der Waals surface area contributed by atoms with Gasteiger partial charge in [-0.2, -0.15) is 0 Å². The first kappa shape index (κ1) is 27.2. The first-order valence-corrected chi connectivity index (χ1v) is 14.1. The fourth-order valence-electron chi connectivity index (χ4n) is 5.82. The lowest BCUT2D eigenvalue weighted by atomic mass is 9.80. The lowest BCUT2D eigenvalue weighted by molar-refractivity contribution is 0.601. The minimum Gasteiger partial charge on any atom is -0.355 e. The Hall–Kier alpha value is -4.36. The number of hydrogen-bond donors (Lipinski definition) is 1. The summed E-state index contributed by atoms with van der Waals surface area (Å²) < 4.78 is 0. The van der Waals surface area contributed by atoms with Gasteiger partial charge in [-0.15, -0.1) is 0 Å². The standard InChI is InChI=1S/C18H18.C12H9N.C9H12/c1-18(2,3)17-15-10-6-4-8-13(15)12-14-9-5-7-11-16(14)17;1-3-7-11-9(5-1)10-6-2-4-8-12(10)13-11;1-7-4-8(2)6-9(3)5-7/h4-12H,1-3H3;1-8,13H;4-6H,1-3H3. The molecule has 0 aliphatic heterocycles. The number of aromatic amines is 1. The van der Waals surface area contributed by atoms with Crippen molar-refractivity contribution in [2.75, 3.05) is 0 Å². The highest BCUT2D eigenvalue weighted by molar-refractivity contribution is 6.07. The number of aryl methyl sites for hydroxylation is 3. The van der Waals surface area contributed by atoms with Crippen LogP contribution in [0.2, 0.25) is 0 Å². The van der Waals surface area contributed by atoms with Crippen LogP contribution in [0.25, 0.3) is 43.4 Å². The van der Waals surface area contributed by atoms with Gasteiger partial charge in [0.2, 0.25) is 0 Å². The fourth-order valence-corrected chi connectivity index (χ4v) is 5.82. The molecule has 0 unspecified atom stereocenters. The van der Waals surface area contributed by atoms with Gasteiger partial charge in [0, 0.05) is 21.8 Å². The number of benzene rings is 6. The molecule has 0 aliphatic rings. The zero-order valence-electron chi connectivity index (χ0n) is 24.5. The lowest BCUT2D eigenvalue weighted by Gasteiger charge is -2.24. The third-order valence-electron chi connectivity index (χ3n) is 7.30. The van der Waals surface area contributed by atoms with Crippen LogP contribution in [0.4, 0.5) is 0 Å². The van der Waals surface area contributed by atoms with Crippen LogP contribution in [-0.2, 0) is 5.41 Å². The third-order valence-corrected chi connectivity index (χ3v) is 7.30. The molecule has 0 saturated heterocycles. The van der Waals surface area contributed by atoms with Crippen LogP contribution in [-0.4, -0.2) is 4.98 Å². The molecule has 7 rings (SSSR count). The molecule has 0 atom stereocenters. The average molecular weight is 522 g/mol. The smallest absolute Gasteiger partial charge is 0.0464 e. The second-order valence-corrected chi connectivity index (χ2v) is 11.8. The summed E-state index contributed by atoms with van der Waals surface area (Å²) >= 11 is 0. The predicted octanol–water partition coefficient (Wildman–Crippen LogP) is 11.2. The van der Waals surface area contributed by atoms with Gasteiger partial charge in [0.1, 0.15) is 0 Å². The Morgan fingerprint density at radius 3 is 1.18 bits per heavy atom. The minimum atomic E-state index is 0.153. The Balaban J connectivity index is 0.000000129. The van der Waals surface area contributed by atoms with E-state index >= 15 is 0 Å². The van der Waals surface area contributed by atoms with Crippen molar-refractivity contribution in [3.8, 4) is 0 Å². The van der Waals surface area contributed by atoms with E-state index in [4.69, 9.17) is 0 Å². The Labute approximate surface area is 238 Å². The minimum absolute atomic E-state index is 0.153. The van der Waals surface area contributed by atoms with Crippen LogP contribution >= 0.6 is 0 Å². The van der Waals surface area contributed by atoms with Crippen molar-refractivity contribution in [1.82, 2.24) is 4.98 Å². The molecule has 1 aromatic heterocycles. The maximum Gasteiger partial charge on any atom is 0.0464 e. The quantitative estimate of drug-likeness (QED) is 0.191. The van der Waals surface area contributed by atoms with Gasteiger partial charge in [0.05, 0.1) is 0 Å². The first-order chi connectivity index (χ1) is 19.2. The van der Waals surface area contributed by atoms with Gasteiger partial charge in [-0.1, -0.05) is 141 Å². The van der Waals surface area contributed by atoms with Gasteiger partial charge in [0.15, 0.2) is 0 Å². The summed E-state index contributed by atoms with van der Waals surface area (Å²) in [4.78, 5) is 3.38. The van der Waals surface area contributed by atoms with Gasteiger partial charge < -0.3 is 4.98 Å². The van der Waals surface area contributed by atoms with Gasteiger partial charge in [0.25, 0.3) is 0 Å². The van der Waals surface area contributed by atoms with E-state index in [1.807, 2.05) is 0 Å². The summed E-state index contributed by atoms with van der Waals surface area (Å²) in [5.74, 6) is 0. The van der Waals surface area contributed by atoms with Gasteiger partial charge in [-0.25, -0.2) is 0 Å². The molecule has 200 valence electrons. The highest BCUT2D eigenvalue weighted by atomic mass is 14.7. The molecule has 0 spiro atoms. The van der Waals surface area contributed by atoms with Crippen molar-refractivity contribution in [3.63, 3.8) is 0 Å². The number of rotatable bonds is 0. The van der Waals surface area contributed by atoms with Crippen molar-refractivity contribution in [3.05, 3.63) is 144 Å². The molecule has 1 heteroatoms. The van der Waals surface area contributed by atoms with E-state index in [-0.39, 0.29) is 5.41 Å². The normalized spacial score (nSPS) is 11.2. The topological polar surface area (TPSA) is 15.8 Å². The van der Waals surface area contributed by atoms with Crippen LogP contribution in [0.1, 0.15) is 43.0 Å². The number of nitrogens with one attached hydrogen (secondary N) is 1. The highest BCUT2D eigenvalue weighted by Crippen LogP contribution is 2.36. The summed E-state index contributed by atoms with van der Waals surface area (Å²) in [6, 6.07) is 43.0. The largest absolute Gasteiger partial charge is 0.355 e. The van der Waals surface area contributed by atoms with E-state index in [0.717, 1.165) is 0 Å². The summed E-state index contributed by atoms with van der Waals surface area (Å²) in [5, 5.41) is 8.03. The number of H-pyrrole nitrogens is 1. The Kier molecular flexibility index (Phi) is 7.76. The molecule has 6 aromatic carbocycles. The molecular formula is C39H39N. The van der Waals surface area contributed by atoms with Crippen molar-refractivity contribution >= 4 is 43.4 Å². The number of para-hydroxylation sites is 2. The Morgan fingerprint density at radius 1 is 0.425 bits per heavy atom. The van der Waals surface area contributed by atoms with E-state index < -0.39 is 0 Å². The molecule has 0 aliphatic carbocycles. The first-order valence-electron chi connectivity index (χ1n) is 14.1. The second-order valence-electron chi connectivity index (χ2n) is 11.8. The van der Waals surface area contributed by atoms with Crippen molar-refractivity contribution in [1.29, 1.82) is 0 Å². The Bertz CT molecular complexity index is 1760. The Morgan fingerprint density at radius 2 is 0.775 bits per heavy atom. The van der Waals surface area contributed by atoms with Gasteiger partial charge in [-0.05, 0) is 71.5 Å². The van der Waals surface area contributed by atoms with E-state index in [1.165, 1.54) is 65.6 Å². The molecule has 0 bridgehead atoms. The number of aromatic nitrogens is 1. The maximum atomic E-state index is 3.38. The maximum absolute atomic E-state index is 3.38. The van der Waals surface area contributed by atoms with Crippen LogP contribution in [0.15, 0.2) is 121 Å². The molecule has 1 nitrogen and oxygen atoms in total. The molecule has 0 fully saturated rings. The molecule has 40 heavy (non-hydrogen) atoms. The van der Waals surface area contributed by atoms with E-state index in [9.17, 15) is 0 Å². The predicted molar refractivity (Wildman–Crippen MR) is 177 cm³/mol. The summed E-state index contributed by atoms with van der Waals surface area (Å²) in [5.41, 5.74) is 8.09. The summed E-state index contributed by atoms with van der Waals surface area (Å²) in [6.07, 6.45) is 0. The van der Waals surface area contributed by atoms with Crippen LogP contribution in [0.3, 0.4) is 0 Å².